The topological polar surface area (TPSA) is 29.5 Å². The molecule has 1 saturated heterocycles. The fourth-order valence-corrected chi connectivity index (χ4v) is 4.81. The first kappa shape index (κ1) is 22.0. The number of ether oxygens (including phenoxy) is 1. The summed E-state index contributed by atoms with van der Waals surface area (Å²) in [6.07, 6.45) is 1.76. The number of carbonyl (C=O) groups is 1. The standard InChI is InChI=1S/C23H14BrClFNO2S2/c24-16-6-9-20(29-13-14-4-7-18(26)8-5-14)15(10-16)11-21-22(28)27(23(30)31-21)19-3-1-2-17(25)12-19/h1-12H,13H2/b21-11+. The van der Waals surface area contributed by atoms with Gasteiger partial charge in [-0.05, 0) is 60.2 Å². The van der Waals surface area contributed by atoms with Crippen LogP contribution in [0.4, 0.5) is 10.1 Å². The van der Waals surface area contributed by atoms with Crippen LogP contribution in [0.1, 0.15) is 11.1 Å². The van der Waals surface area contributed by atoms with Crippen molar-refractivity contribution < 1.29 is 13.9 Å². The zero-order chi connectivity index (χ0) is 22.0. The normalized spacial score (nSPS) is 15.1. The minimum absolute atomic E-state index is 0.221. The molecule has 0 spiro atoms. The van der Waals surface area contributed by atoms with Crippen LogP contribution in [0.2, 0.25) is 5.02 Å². The molecule has 1 aliphatic heterocycles. The van der Waals surface area contributed by atoms with Crippen molar-refractivity contribution in [2.24, 2.45) is 0 Å². The summed E-state index contributed by atoms with van der Waals surface area (Å²) in [6, 6.07) is 18.7. The molecule has 1 amide bonds. The number of hydrogen-bond donors (Lipinski definition) is 0. The van der Waals surface area contributed by atoms with E-state index in [2.05, 4.69) is 15.9 Å². The number of thioether (sulfide) groups is 1. The molecule has 8 heteroatoms. The summed E-state index contributed by atoms with van der Waals surface area (Å²) in [5.74, 6) is 0.0806. The molecule has 0 aromatic heterocycles. The van der Waals surface area contributed by atoms with Gasteiger partial charge in [0.2, 0.25) is 0 Å². The van der Waals surface area contributed by atoms with Gasteiger partial charge in [-0.2, -0.15) is 0 Å². The van der Waals surface area contributed by atoms with Crippen molar-refractivity contribution in [2.75, 3.05) is 4.90 Å². The number of nitrogens with zero attached hydrogens (tertiary/aromatic N) is 1. The number of amides is 1. The van der Waals surface area contributed by atoms with Crippen LogP contribution in [0.3, 0.4) is 0 Å². The van der Waals surface area contributed by atoms with Gasteiger partial charge < -0.3 is 4.74 Å². The zero-order valence-electron chi connectivity index (χ0n) is 15.8. The maximum Gasteiger partial charge on any atom is 0.270 e. The van der Waals surface area contributed by atoms with Crippen molar-refractivity contribution in [1.29, 1.82) is 0 Å². The zero-order valence-corrected chi connectivity index (χ0v) is 19.8. The van der Waals surface area contributed by atoms with Gasteiger partial charge in [-0.3, -0.25) is 9.69 Å². The summed E-state index contributed by atoms with van der Waals surface area (Å²) >= 11 is 16.2. The Bertz CT molecular complexity index is 1200. The molecule has 0 radical (unpaired) electrons. The Morgan fingerprint density at radius 1 is 1.13 bits per heavy atom. The molecule has 1 heterocycles. The average molecular weight is 535 g/mol. The summed E-state index contributed by atoms with van der Waals surface area (Å²) in [6.45, 7) is 0.270. The Hall–Kier alpha value is -2.19. The third kappa shape index (κ3) is 5.18. The van der Waals surface area contributed by atoms with Crippen LogP contribution in [-0.2, 0) is 11.4 Å². The molecule has 0 unspecified atom stereocenters. The summed E-state index contributed by atoms with van der Waals surface area (Å²) in [5, 5.41) is 0.527. The van der Waals surface area contributed by atoms with Crippen molar-refractivity contribution >= 4 is 73.5 Å². The third-order valence-corrected chi connectivity index (χ3v) is 6.46. The van der Waals surface area contributed by atoms with Crippen molar-refractivity contribution in [2.45, 2.75) is 6.61 Å². The Balaban J connectivity index is 1.60. The van der Waals surface area contributed by atoms with Crippen molar-refractivity contribution in [1.82, 2.24) is 0 Å². The molecule has 3 aromatic rings. The number of thiocarbonyl (C=S) groups is 1. The van der Waals surface area contributed by atoms with Gasteiger partial charge in [0.25, 0.3) is 5.91 Å². The highest BCUT2D eigenvalue weighted by Crippen LogP contribution is 2.38. The lowest BCUT2D eigenvalue weighted by Crippen LogP contribution is -2.27. The van der Waals surface area contributed by atoms with E-state index in [0.717, 1.165) is 15.6 Å². The van der Waals surface area contributed by atoms with Crippen LogP contribution in [0.5, 0.6) is 5.75 Å². The van der Waals surface area contributed by atoms with Gasteiger partial charge in [0, 0.05) is 15.1 Å². The van der Waals surface area contributed by atoms with E-state index in [4.69, 9.17) is 28.6 Å². The molecule has 0 atom stereocenters. The van der Waals surface area contributed by atoms with E-state index < -0.39 is 0 Å². The molecule has 0 aliphatic carbocycles. The molecule has 3 aromatic carbocycles. The minimum Gasteiger partial charge on any atom is -0.488 e. The minimum atomic E-state index is -0.296. The number of halogens is 3. The number of benzene rings is 3. The molecular weight excluding hydrogens is 521 g/mol. The summed E-state index contributed by atoms with van der Waals surface area (Å²) in [7, 11) is 0. The van der Waals surface area contributed by atoms with Crippen molar-refractivity contribution in [3.63, 3.8) is 0 Å². The highest BCUT2D eigenvalue weighted by atomic mass is 79.9. The number of carbonyl (C=O) groups excluding carboxylic acids is 1. The van der Waals surface area contributed by atoms with Gasteiger partial charge >= 0.3 is 0 Å². The van der Waals surface area contributed by atoms with E-state index in [1.54, 1.807) is 42.5 Å². The maximum absolute atomic E-state index is 13.1. The fourth-order valence-electron chi connectivity index (χ4n) is 2.95. The quantitative estimate of drug-likeness (QED) is 0.255. The average Bonchev–Trinajstić information content (AvgIpc) is 3.01. The number of rotatable bonds is 5. The highest BCUT2D eigenvalue weighted by Gasteiger charge is 2.33. The maximum atomic E-state index is 13.1. The van der Waals surface area contributed by atoms with Crippen LogP contribution in [0.15, 0.2) is 76.1 Å². The van der Waals surface area contributed by atoms with Crippen molar-refractivity contribution in [3.8, 4) is 5.75 Å². The van der Waals surface area contributed by atoms with Gasteiger partial charge in [-0.15, -0.1) is 0 Å². The predicted molar refractivity (Wildman–Crippen MR) is 132 cm³/mol. The molecule has 3 nitrogen and oxygen atoms in total. The molecule has 1 aliphatic rings. The van der Waals surface area contributed by atoms with Gasteiger partial charge in [0.15, 0.2) is 4.32 Å². The molecule has 31 heavy (non-hydrogen) atoms. The van der Waals surface area contributed by atoms with Gasteiger partial charge in [-0.25, -0.2) is 4.39 Å². The van der Waals surface area contributed by atoms with Gasteiger partial charge in [-0.1, -0.05) is 69.7 Å². The first-order chi connectivity index (χ1) is 14.9. The molecule has 0 N–H and O–H groups in total. The SMILES string of the molecule is O=C1/C(=C\c2cc(Br)ccc2OCc2ccc(F)cc2)SC(=S)N1c1cccc(Cl)c1. The van der Waals surface area contributed by atoms with Gasteiger partial charge in [0.05, 0.1) is 10.6 Å². The Morgan fingerprint density at radius 3 is 2.65 bits per heavy atom. The monoisotopic (exact) mass is 533 g/mol. The predicted octanol–water partition coefficient (Wildman–Crippen LogP) is 7.23. The van der Waals surface area contributed by atoms with Crippen LogP contribution >= 0.6 is 51.5 Å². The first-order valence-electron chi connectivity index (χ1n) is 9.11. The number of anilines is 1. The number of hydrogen-bond acceptors (Lipinski definition) is 4. The van der Waals surface area contributed by atoms with Crippen LogP contribution in [-0.4, -0.2) is 10.2 Å². The van der Waals surface area contributed by atoms with Gasteiger partial charge in [0.1, 0.15) is 18.2 Å². The largest absolute Gasteiger partial charge is 0.488 e. The van der Waals surface area contributed by atoms with E-state index in [0.29, 0.717) is 25.7 Å². The van der Waals surface area contributed by atoms with Crippen LogP contribution < -0.4 is 9.64 Å². The third-order valence-electron chi connectivity index (χ3n) is 4.43. The first-order valence-corrected chi connectivity index (χ1v) is 11.5. The van der Waals surface area contributed by atoms with Crippen molar-refractivity contribution in [3.05, 3.63) is 98.1 Å². The highest BCUT2D eigenvalue weighted by molar-refractivity contribution is 9.10. The second-order valence-corrected chi connectivity index (χ2v) is 9.62. The molecule has 0 saturated carbocycles. The Labute approximate surface area is 202 Å². The Kier molecular flexibility index (Phi) is 6.77. The lowest BCUT2D eigenvalue weighted by atomic mass is 10.1. The summed E-state index contributed by atoms with van der Waals surface area (Å²) < 4.78 is 20.3. The van der Waals surface area contributed by atoms with Crippen LogP contribution in [0, 0.1) is 5.82 Å². The smallest absolute Gasteiger partial charge is 0.270 e. The second kappa shape index (κ2) is 9.53. The molecule has 0 bridgehead atoms. The molecule has 156 valence electrons. The summed E-state index contributed by atoms with van der Waals surface area (Å²) in [5.41, 5.74) is 2.19. The molecule has 4 rings (SSSR count). The summed E-state index contributed by atoms with van der Waals surface area (Å²) in [4.78, 5) is 15.0. The second-order valence-electron chi connectivity index (χ2n) is 6.59. The van der Waals surface area contributed by atoms with Crippen LogP contribution in [0.25, 0.3) is 6.08 Å². The van der Waals surface area contributed by atoms with E-state index in [1.807, 2.05) is 18.2 Å². The van der Waals surface area contributed by atoms with E-state index in [1.165, 1.54) is 28.8 Å². The lowest BCUT2D eigenvalue weighted by Gasteiger charge is -2.14. The van der Waals surface area contributed by atoms with E-state index in [-0.39, 0.29) is 18.3 Å². The molecular formula is C23H14BrClFNO2S2. The fraction of sp³-hybridized carbons (Fsp3) is 0.0435. The molecule has 1 fully saturated rings. The van der Waals surface area contributed by atoms with E-state index in [9.17, 15) is 9.18 Å². The Morgan fingerprint density at radius 2 is 1.90 bits per heavy atom. The lowest BCUT2D eigenvalue weighted by molar-refractivity contribution is -0.113. The van der Waals surface area contributed by atoms with E-state index >= 15 is 0 Å².